The smallest absolute Gasteiger partial charge is 0.253 e. The number of hydrogen-bond acceptors (Lipinski definition) is 6. The number of carbonyl (C=O) groups is 1. The van der Waals surface area contributed by atoms with Crippen molar-refractivity contribution in [3.8, 4) is 11.1 Å². The van der Waals surface area contributed by atoms with Crippen molar-refractivity contribution in [2.24, 2.45) is 0 Å². The number of aromatic nitrogens is 1. The van der Waals surface area contributed by atoms with Gasteiger partial charge in [-0.1, -0.05) is 31.2 Å². The van der Waals surface area contributed by atoms with Gasteiger partial charge in [0.1, 0.15) is 0 Å². The van der Waals surface area contributed by atoms with Crippen molar-refractivity contribution in [1.82, 2.24) is 15.2 Å². The zero-order valence-corrected chi connectivity index (χ0v) is 25.3. The Hall–Kier alpha value is -3.46. The second kappa shape index (κ2) is 13.7. The number of aryl methyl sites for hydroxylation is 2. The quantitative estimate of drug-likeness (QED) is 0.330. The molecule has 0 radical (unpaired) electrons. The maximum Gasteiger partial charge on any atom is 0.253 e. The van der Waals surface area contributed by atoms with E-state index in [1.165, 1.54) is 5.56 Å². The van der Waals surface area contributed by atoms with Gasteiger partial charge in [-0.2, -0.15) is 0 Å². The molecule has 2 fully saturated rings. The van der Waals surface area contributed by atoms with Crippen LogP contribution in [0.2, 0.25) is 0 Å². The third-order valence-electron chi connectivity index (χ3n) is 8.55. The van der Waals surface area contributed by atoms with Crippen molar-refractivity contribution in [2.45, 2.75) is 72.2 Å². The van der Waals surface area contributed by atoms with Gasteiger partial charge < -0.3 is 25.1 Å². The molecule has 0 spiro atoms. The summed E-state index contributed by atoms with van der Waals surface area (Å²) < 4.78 is 11.4. The van der Waals surface area contributed by atoms with E-state index in [1.807, 2.05) is 32.9 Å². The van der Waals surface area contributed by atoms with Crippen LogP contribution in [0.1, 0.15) is 64.5 Å². The topological polar surface area (TPSA) is 95.7 Å². The molecule has 2 aromatic carbocycles. The first-order chi connectivity index (χ1) is 20.3. The molecule has 5 rings (SSSR count). The van der Waals surface area contributed by atoms with E-state index < -0.39 is 0 Å². The summed E-state index contributed by atoms with van der Waals surface area (Å²) in [6.45, 7) is 13.2. The van der Waals surface area contributed by atoms with E-state index in [0.29, 0.717) is 11.1 Å². The summed E-state index contributed by atoms with van der Waals surface area (Å²) in [6, 6.07) is 15.0. The Morgan fingerprint density at radius 3 is 2.50 bits per heavy atom. The number of ether oxygens (including phenoxy) is 2. The number of aromatic amines is 1. The van der Waals surface area contributed by atoms with E-state index >= 15 is 0 Å². The minimum Gasteiger partial charge on any atom is -0.382 e. The number of H-pyrrole nitrogens is 1. The van der Waals surface area contributed by atoms with Crippen LogP contribution in [0.5, 0.6) is 0 Å². The minimum atomic E-state index is -0.195. The number of amides is 1. The first kappa shape index (κ1) is 30.0. The Labute approximate surface area is 248 Å². The van der Waals surface area contributed by atoms with Crippen LogP contribution in [0.15, 0.2) is 47.3 Å². The molecule has 3 aromatic rings. The van der Waals surface area contributed by atoms with Crippen molar-refractivity contribution >= 4 is 11.6 Å². The third kappa shape index (κ3) is 7.30. The average molecular weight is 573 g/mol. The van der Waals surface area contributed by atoms with E-state index in [2.05, 4.69) is 57.8 Å². The Morgan fingerprint density at radius 1 is 1.02 bits per heavy atom. The van der Waals surface area contributed by atoms with E-state index in [1.54, 1.807) is 0 Å². The number of nitrogens with one attached hydrogen (secondary N) is 3. The lowest BCUT2D eigenvalue weighted by Crippen LogP contribution is -2.35. The van der Waals surface area contributed by atoms with Crippen LogP contribution in [-0.2, 0) is 22.6 Å². The number of rotatable bonds is 9. The number of carbonyl (C=O) groups excluding carboxylic acids is 1. The Balaban J connectivity index is 1.41. The average Bonchev–Trinajstić information content (AvgIpc) is 2.98. The van der Waals surface area contributed by atoms with Crippen molar-refractivity contribution in [1.29, 1.82) is 0 Å². The Kier molecular flexibility index (Phi) is 9.77. The molecule has 3 N–H and O–H groups in total. The zero-order chi connectivity index (χ0) is 29.6. The monoisotopic (exact) mass is 572 g/mol. The number of hydrogen-bond donors (Lipinski definition) is 3. The summed E-state index contributed by atoms with van der Waals surface area (Å²) >= 11 is 0. The molecule has 1 aromatic heterocycles. The van der Waals surface area contributed by atoms with Crippen LogP contribution in [0.3, 0.4) is 0 Å². The van der Waals surface area contributed by atoms with Crippen LogP contribution in [0, 0.1) is 20.8 Å². The summed E-state index contributed by atoms with van der Waals surface area (Å²) in [5.41, 5.74) is 7.84. The summed E-state index contributed by atoms with van der Waals surface area (Å²) in [4.78, 5) is 31.5. The van der Waals surface area contributed by atoms with E-state index in [4.69, 9.17) is 9.47 Å². The predicted octanol–water partition coefficient (Wildman–Crippen LogP) is 5.10. The van der Waals surface area contributed by atoms with Gasteiger partial charge in [-0.15, -0.1) is 0 Å². The highest BCUT2D eigenvalue weighted by Gasteiger charge is 2.23. The normalized spacial score (nSPS) is 19.4. The van der Waals surface area contributed by atoms with Crippen LogP contribution in [0.4, 0.5) is 5.69 Å². The van der Waals surface area contributed by atoms with Crippen LogP contribution in [0.25, 0.3) is 11.1 Å². The maximum atomic E-state index is 13.6. The van der Waals surface area contributed by atoms with Crippen molar-refractivity contribution in [3.05, 3.63) is 86.3 Å². The number of nitrogens with zero attached hydrogens (tertiary/aromatic N) is 1. The summed E-state index contributed by atoms with van der Waals surface area (Å²) in [6.07, 6.45) is 3.09. The van der Waals surface area contributed by atoms with Gasteiger partial charge in [0.25, 0.3) is 11.5 Å². The molecular formula is C34H44N4O4. The molecule has 8 nitrogen and oxygen atoms in total. The molecule has 2 atom stereocenters. The van der Waals surface area contributed by atoms with Gasteiger partial charge in [0.05, 0.1) is 19.3 Å². The standard InChI is InChI=1S/C34H44N4O4/c1-5-29-19-28(10-13-42-29)37-32-18-27(26-8-6-25(7-9-26)21-38-11-14-41-15-12-38)17-30(24(32)4)33(39)35-20-31-22(2)16-23(3)36-34(31)40/h6-9,16-18,28-29,37H,5,10-15,19-21H2,1-4H3,(H,35,39)(H,36,40). The molecular weight excluding hydrogens is 528 g/mol. The third-order valence-corrected chi connectivity index (χ3v) is 8.55. The molecule has 2 saturated heterocycles. The summed E-state index contributed by atoms with van der Waals surface area (Å²) in [5, 5.41) is 6.76. The number of morpholine rings is 1. The van der Waals surface area contributed by atoms with Gasteiger partial charge in [-0.3, -0.25) is 14.5 Å². The molecule has 2 aliphatic rings. The van der Waals surface area contributed by atoms with Gasteiger partial charge in [0, 0.05) is 61.3 Å². The Morgan fingerprint density at radius 2 is 1.79 bits per heavy atom. The van der Waals surface area contributed by atoms with Gasteiger partial charge >= 0.3 is 0 Å². The van der Waals surface area contributed by atoms with Crippen LogP contribution >= 0.6 is 0 Å². The molecule has 3 heterocycles. The number of pyridine rings is 1. The molecule has 1 amide bonds. The molecule has 0 aliphatic carbocycles. The van der Waals surface area contributed by atoms with Crippen LogP contribution < -0.4 is 16.2 Å². The maximum absolute atomic E-state index is 13.6. The summed E-state index contributed by atoms with van der Waals surface area (Å²) in [7, 11) is 0. The molecule has 2 aliphatic heterocycles. The fraction of sp³-hybridized carbons (Fsp3) is 0.471. The molecule has 8 heteroatoms. The zero-order valence-electron chi connectivity index (χ0n) is 25.3. The first-order valence-electron chi connectivity index (χ1n) is 15.2. The lowest BCUT2D eigenvalue weighted by molar-refractivity contribution is 0.00924. The van der Waals surface area contributed by atoms with Gasteiger partial charge in [-0.25, -0.2) is 0 Å². The number of anilines is 1. The lowest BCUT2D eigenvalue weighted by atomic mass is 9.95. The van der Waals surface area contributed by atoms with E-state index in [0.717, 1.165) is 92.4 Å². The molecule has 0 saturated carbocycles. The second-order valence-electron chi connectivity index (χ2n) is 11.7. The molecule has 0 bridgehead atoms. The first-order valence-corrected chi connectivity index (χ1v) is 15.2. The highest BCUT2D eigenvalue weighted by atomic mass is 16.5. The van der Waals surface area contributed by atoms with Crippen molar-refractivity contribution in [3.63, 3.8) is 0 Å². The fourth-order valence-corrected chi connectivity index (χ4v) is 5.97. The van der Waals surface area contributed by atoms with Gasteiger partial charge in [0.15, 0.2) is 0 Å². The van der Waals surface area contributed by atoms with E-state index in [-0.39, 0.29) is 30.2 Å². The Bertz CT molecular complexity index is 1440. The van der Waals surface area contributed by atoms with Crippen molar-refractivity contribution in [2.75, 3.05) is 38.2 Å². The SMILES string of the molecule is CCC1CC(Nc2cc(-c3ccc(CN4CCOCC4)cc3)cc(C(=O)NCc3c(C)cc(C)[nH]c3=O)c2C)CCO1. The highest BCUT2D eigenvalue weighted by molar-refractivity contribution is 5.98. The second-order valence-corrected chi connectivity index (χ2v) is 11.7. The van der Waals surface area contributed by atoms with Gasteiger partial charge in [0.2, 0.25) is 0 Å². The molecule has 42 heavy (non-hydrogen) atoms. The fourth-order valence-electron chi connectivity index (χ4n) is 5.97. The lowest BCUT2D eigenvalue weighted by Gasteiger charge is -2.31. The minimum absolute atomic E-state index is 0.164. The summed E-state index contributed by atoms with van der Waals surface area (Å²) in [5.74, 6) is -0.195. The van der Waals surface area contributed by atoms with Gasteiger partial charge in [-0.05, 0) is 86.1 Å². The largest absolute Gasteiger partial charge is 0.382 e. The predicted molar refractivity (Wildman–Crippen MR) is 167 cm³/mol. The molecule has 224 valence electrons. The highest BCUT2D eigenvalue weighted by Crippen LogP contribution is 2.31. The van der Waals surface area contributed by atoms with Crippen LogP contribution in [-0.4, -0.2) is 60.8 Å². The molecule has 2 unspecified atom stereocenters. The number of benzene rings is 2. The van der Waals surface area contributed by atoms with E-state index in [9.17, 15) is 9.59 Å². The van der Waals surface area contributed by atoms with Crippen molar-refractivity contribution < 1.29 is 14.3 Å².